The first-order valence-corrected chi connectivity index (χ1v) is 8.84. The zero-order valence-corrected chi connectivity index (χ0v) is 15.2. The summed E-state index contributed by atoms with van der Waals surface area (Å²) in [5, 5.41) is 2.65. The number of primary amides is 1. The van der Waals surface area contributed by atoms with Crippen molar-refractivity contribution >= 4 is 28.8 Å². The van der Waals surface area contributed by atoms with Gasteiger partial charge in [-0.3, -0.25) is 4.79 Å². The van der Waals surface area contributed by atoms with Gasteiger partial charge in [-0.25, -0.2) is 4.98 Å². The number of nitrogens with two attached hydrogens (primary N) is 1. The molecule has 0 radical (unpaired) electrons. The SMILES string of the molecule is NC(=O)c1cc(Cl)ccc1OCc1csc(-c2ccc(C(F)(F)F)cc2)n1. The first-order valence-electron chi connectivity index (χ1n) is 7.58. The van der Waals surface area contributed by atoms with E-state index < -0.39 is 17.6 Å². The lowest BCUT2D eigenvalue weighted by Crippen LogP contribution is -2.13. The van der Waals surface area contributed by atoms with E-state index in [1.807, 2.05) is 0 Å². The molecule has 27 heavy (non-hydrogen) atoms. The third-order valence-corrected chi connectivity index (χ3v) is 4.77. The molecule has 0 bridgehead atoms. The topological polar surface area (TPSA) is 65.2 Å². The van der Waals surface area contributed by atoms with Gasteiger partial charge in [-0.1, -0.05) is 23.7 Å². The van der Waals surface area contributed by atoms with Gasteiger partial charge >= 0.3 is 6.18 Å². The van der Waals surface area contributed by atoms with Gasteiger partial charge in [0.2, 0.25) is 0 Å². The molecule has 0 aliphatic rings. The highest BCUT2D eigenvalue weighted by Gasteiger charge is 2.30. The fourth-order valence-corrected chi connectivity index (χ4v) is 3.26. The molecule has 1 heterocycles. The second-order valence-electron chi connectivity index (χ2n) is 5.51. The van der Waals surface area contributed by atoms with Crippen LogP contribution in [0.15, 0.2) is 47.8 Å². The number of ether oxygens (including phenoxy) is 1. The molecule has 0 aliphatic heterocycles. The Bertz CT molecular complexity index is 971. The number of aromatic nitrogens is 1. The third kappa shape index (κ3) is 4.58. The van der Waals surface area contributed by atoms with Gasteiger partial charge in [-0.05, 0) is 30.3 Å². The molecule has 3 rings (SSSR count). The lowest BCUT2D eigenvalue weighted by molar-refractivity contribution is -0.137. The number of hydrogen-bond donors (Lipinski definition) is 1. The van der Waals surface area contributed by atoms with Crippen molar-refractivity contribution < 1.29 is 22.7 Å². The summed E-state index contributed by atoms with van der Waals surface area (Å²) in [6.07, 6.45) is -4.38. The Kier molecular flexibility index (Phi) is 5.38. The molecule has 3 aromatic rings. The molecule has 0 saturated carbocycles. The molecule has 4 nitrogen and oxygen atoms in total. The minimum absolute atomic E-state index is 0.0685. The molecule has 2 aromatic carbocycles. The quantitative estimate of drug-likeness (QED) is 0.629. The number of alkyl halides is 3. The maximum absolute atomic E-state index is 12.6. The lowest BCUT2D eigenvalue weighted by atomic mass is 10.1. The van der Waals surface area contributed by atoms with Crippen LogP contribution in [0.1, 0.15) is 21.6 Å². The maximum atomic E-state index is 12.6. The molecule has 140 valence electrons. The number of rotatable bonds is 5. The van der Waals surface area contributed by atoms with Gasteiger partial charge in [0.1, 0.15) is 17.4 Å². The predicted molar refractivity (Wildman–Crippen MR) is 96.9 cm³/mol. The van der Waals surface area contributed by atoms with E-state index in [1.54, 1.807) is 11.4 Å². The van der Waals surface area contributed by atoms with Crippen LogP contribution in [-0.2, 0) is 12.8 Å². The van der Waals surface area contributed by atoms with Gasteiger partial charge in [0.25, 0.3) is 5.91 Å². The zero-order chi connectivity index (χ0) is 19.6. The van der Waals surface area contributed by atoms with E-state index in [1.165, 1.54) is 35.6 Å². The van der Waals surface area contributed by atoms with E-state index in [2.05, 4.69) is 4.98 Å². The molecule has 0 saturated heterocycles. The first-order chi connectivity index (χ1) is 12.7. The smallest absolute Gasteiger partial charge is 0.416 e. The van der Waals surface area contributed by atoms with Gasteiger partial charge in [0.05, 0.1) is 16.8 Å². The van der Waals surface area contributed by atoms with E-state index in [-0.39, 0.29) is 17.9 Å². The fourth-order valence-electron chi connectivity index (χ4n) is 2.28. The van der Waals surface area contributed by atoms with Crippen LogP contribution < -0.4 is 10.5 Å². The second-order valence-corrected chi connectivity index (χ2v) is 6.81. The zero-order valence-electron chi connectivity index (χ0n) is 13.6. The van der Waals surface area contributed by atoms with Crippen molar-refractivity contribution in [2.75, 3.05) is 0 Å². The van der Waals surface area contributed by atoms with Crippen molar-refractivity contribution in [3.63, 3.8) is 0 Å². The Morgan fingerprint density at radius 1 is 1.19 bits per heavy atom. The minimum atomic E-state index is -4.38. The summed E-state index contributed by atoms with van der Waals surface area (Å²) < 4.78 is 43.5. The monoisotopic (exact) mass is 412 g/mol. The van der Waals surface area contributed by atoms with Crippen LogP contribution in [0.25, 0.3) is 10.6 Å². The number of amides is 1. The summed E-state index contributed by atoms with van der Waals surface area (Å²) in [7, 11) is 0. The highest BCUT2D eigenvalue weighted by atomic mass is 35.5. The Morgan fingerprint density at radius 2 is 1.89 bits per heavy atom. The van der Waals surface area contributed by atoms with Gasteiger partial charge in [-0.2, -0.15) is 13.2 Å². The van der Waals surface area contributed by atoms with Crippen LogP contribution in [0.4, 0.5) is 13.2 Å². The summed E-state index contributed by atoms with van der Waals surface area (Å²) in [6.45, 7) is 0.0685. The molecular formula is C18H12ClF3N2O2S. The maximum Gasteiger partial charge on any atom is 0.416 e. The van der Waals surface area contributed by atoms with Crippen molar-refractivity contribution in [2.45, 2.75) is 12.8 Å². The summed E-state index contributed by atoms with van der Waals surface area (Å²) >= 11 is 7.12. The van der Waals surface area contributed by atoms with E-state index in [9.17, 15) is 18.0 Å². The van der Waals surface area contributed by atoms with Crippen molar-refractivity contribution in [3.05, 3.63) is 69.7 Å². The standard InChI is InChI=1S/C18H12ClF3N2O2S/c19-12-5-6-15(14(7-12)16(23)25)26-8-13-9-27-17(24-13)10-1-3-11(4-2-10)18(20,21)22/h1-7,9H,8H2,(H2,23,25). The van der Waals surface area contributed by atoms with Crippen molar-refractivity contribution in [3.8, 4) is 16.3 Å². The summed E-state index contributed by atoms with van der Waals surface area (Å²) in [5.74, 6) is -0.396. The minimum Gasteiger partial charge on any atom is -0.486 e. The van der Waals surface area contributed by atoms with Crippen LogP contribution in [0.3, 0.4) is 0 Å². The van der Waals surface area contributed by atoms with E-state index >= 15 is 0 Å². The largest absolute Gasteiger partial charge is 0.486 e. The average Bonchev–Trinajstić information content (AvgIpc) is 3.09. The summed E-state index contributed by atoms with van der Waals surface area (Å²) in [6, 6.07) is 9.28. The Morgan fingerprint density at radius 3 is 2.52 bits per heavy atom. The summed E-state index contributed by atoms with van der Waals surface area (Å²) in [4.78, 5) is 15.8. The molecule has 9 heteroatoms. The van der Waals surface area contributed by atoms with Crippen LogP contribution in [-0.4, -0.2) is 10.9 Å². The number of hydrogen-bond acceptors (Lipinski definition) is 4. The van der Waals surface area contributed by atoms with Gasteiger partial charge in [-0.15, -0.1) is 11.3 Å². The van der Waals surface area contributed by atoms with Crippen LogP contribution >= 0.6 is 22.9 Å². The molecule has 1 amide bonds. The normalized spacial score (nSPS) is 11.4. The lowest BCUT2D eigenvalue weighted by Gasteiger charge is -2.08. The van der Waals surface area contributed by atoms with Crippen LogP contribution in [0.2, 0.25) is 5.02 Å². The number of thiazole rings is 1. The molecule has 0 unspecified atom stereocenters. The van der Waals surface area contributed by atoms with Crippen molar-refractivity contribution in [1.29, 1.82) is 0 Å². The van der Waals surface area contributed by atoms with E-state index in [0.29, 0.717) is 21.3 Å². The Labute approximate surface area is 161 Å². The van der Waals surface area contributed by atoms with Crippen LogP contribution in [0, 0.1) is 0 Å². The molecule has 1 aromatic heterocycles. The van der Waals surface area contributed by atoms with Crippen molar-refractivity contribution in [1.82, 2.24) is 4.98 Å². The van der Waals surface area contributed by atoms with E-state index in [0.717, 1.165) is 12.1 Å². The van der Waals surface area contributed by atoms with Gasteiger partial charge < -0.3 is 10.5 Å². The van der Waals surface area contributed by atoms with Crippen molar-refractivity contribution in [2.24, 2.45) is 5.73 Å². The second kappa shape index (κ2) is 7.58. The van der Waals surface area contributed by atoms with Crippen LogP contribution in [0.5, 0.6) is 5.75 Å². The highest BCUT2D eigenvalue weighted by molar-refractivity contribution is 7.13. The van der Waals surface area contributed by atoms with E-state index in [4.69, 9.17) is 22.1 Å². The molecule has 0 spiro atoms. The molecule has 0 aliphatic carbocycles. The molecule has 2 N–H and O–H groups in total. The molecular weight excluding hydrogens is 401 g/mol. The molecule has 0 atom stereocenters. The average molecular weight is 413 g/mol. The Hall–Kier alpha value is -2.58. The highest BCUT2D eigenvalue weighted by Crippen LogP contribution is 2.32. The number of halogens is 4. The predicted octanol–water partition coefficient (Wildman–Crippen LogP) is 5.16. The first kappa shape index (κ1) is 19.2. The fraction of sp³-hybridized carbons (Fsp3) is 0.111. The number of benzene rings is 2. The third-order valence-electron chi connectivity index (χ3n) is 3.59. The molecule has 0 fully saturated rings. The Balaban J connectivity index is 1.73. The number of carbonyl (C=O) groups is 1. The number of carbonyl (C=O) groups excluding carboxylic acids is 1. The number of nitrogens with zero attached hydrogens (tertiary/aromatic N) is 1. The van der Waals surface area contributed by atoms with Gasteiger partial charge in [0, 0.05) is 16.0 Å². The summed E-state index contributed by atoms with van der Waals surface area (Å²) in [5.41, 5.74) is 5.89. The van der Waals surface area contributed by atoms with Gasteiger partial charge in [0.15, 0.2) is 0 Å².